The molecule has 6 rings (SSSR count). The average molecular weight is 639 g/mol. The van der Waals surface area contributed by atoms with Gasteiger partial charge in [-0.3, -0.25) is 19.4 Å². The molecule has 2 amide bonds. The van der Waals surface area contributed by atoms with Crippen molar-refractivity contribution in [2.45, 2.75) is 64.3 Å². The van der Waals surface area contributed by atoms with Crippen LogP contribution in [0.2, 0.25) is 0 Å². The summed E-state index contributed by atoms with van der Waals surface area (Å²) in [5, 5.41) is 3.61. The molecule has 250 valence electrons. The minimum Gasteiger partial charge on any atom is -0.474 e. The third-order valence-corrected chi connectivity index (χ3v) is 9.62. The van der Waals surface area contributed by atoms with Gasteiger partial charge < -0.3 is 29.3 Å². The Morgan fingerprint density at radius 1 is 0.978 bits per heavy atom. The number of aromatic nitrogens is 1. The van der Waals surface area contributed by atoms with Crippen LogP contribution in [0.3, 0.4) is 0 Å². The molecule has 0 radical (unpaired) electrons. The summed E-state index contributed by atoms with van der Waals surface area (Å²) < 4.78 is 31.0. The molecule has 3 fully saturated rings. The van der Waals surface area contributed by atoms with Gasteiger partial charge in [-0.15, -0.1) is 0 Å². The first-order chi connectivity index (χ1) is 22.2. The number of nitrogens with zero attached hydrogens (tertiary/aromatic N) is 5. The van der Waals surface area contributed by atoms with Gasteiger partial charge in [0.1, 0.15) is 23.8 Å². The van der Waals surface area contributed by atoms with Crippen LogP contribution in [0.4, 0.5) is 10.1 Å². The number of fused-ring (bicyclic) bond motifs is 1. The monoisotopic (exact) mass is 638 g/mol. The Bertz CT molecular complexity index is 1380. The van der Waals surface area contributed by atoms with Crippen LogP contribution in [0.25, 0.3) is 0 Å². The summed E-state index contributed by atoms with van der Waals surface area (Å²) >= 11 is 0. The third-order valence-electron chi connectivity index (χ3n) is 9.62. The molecule has 4 aliphatic rings. The van der Waals surface area contributed by atoms with Crippen LogP contribution in [-0.2, 0) is 20.7 Å². The number of pyridine rings is 1. The van der Waals surface area contributed by atoms with Crippen molar-refractivity contribution in [3.05, 3.63) is 53.0 Å². The number of rotatable bonds is 7. The zero-order valence-corrected chi connectivity index (χ0v) is 27.4. The number of hydrogen-bond donors (Lipinski definition) is 1. The van der Waals surface area contributed by atoms with E-state index in [2.05, 4.69) is 35.9 Å². The van der Waals surface area contributed by atoms with Crippen molar-refractivity contribution >= 4 is 17.5 Å². The number of benzene rings is 1. The second-order valence-electron chi connectivity index (χ2n) is 13.3. The molecule has 5 atom stereocenters. The number of carbonyl (C=O) groups is 2. The molecule has 11 nitrogen and oxygen atoms in total. The van der Waals surface area contributed by atoms with Crippen molar-refractivity contribution < 1.29 is 28.2 Å². The number of carbonyl (C=O) groups excluding carboxylic acids is 2. The molecule has 1 aromatic heterocycles. The highest BCUT2D eigenvalue weighted by molar-refractivity contribution is 5.99. The number of hydrogen-bond acceptors (Lipinski definition) is 9. The molecule has 0 unspecified atom stereocenters. The van der Waals surface area contributed by atoms with E-state index >= 15 is 0 Å². The van der Waals surface area contributed by atoms with Gasteiger partial charge in [-0.25, -0.2) is 9.37 Å². The van der Waals surface area contributed by atoms with E-state index < -0.39 is 0 Å². The molecule has 2 aromatic rings. The minimum atomic E-state index is -0.325. The molecule has 46 heavy (non-hydrogen) atoms. The summed E-state index contributed by atoms with van der Waals surface area (Å²) in [6.07, 6.45) is 0.357. The van der Waals surface area contributed by atoms with Gasteiger partial charge in [0.15, 0.2) is 0 Å². The number of morpholine rings is 2. The lowest BCUT2D eigenvalue weighted by Gasteiger charge is -2.46. The first-order valence-electron chi connectivity index (χ1n) is 16.6. The van der Waals surface area contributed by atoms with E-state index in [-0.39, 0.29) is 60.5 Å². The number of amides is 2. The van der Waals surface area contributed by atoms with Gasteiger partial charge in [-0.05, 0) is 63.4 Å². The highest BCUT2D eigenvalue weighted by Gasteiger charge is 2.38. The molecule has 12 heteroatoms. The lowest BCUT2D eigenvalue weighted by molar-refractivity contribution is -0.122. The number of ether oxygens (including phenoxy) is 3. The van der Waals surface area contributed by atoms with E-state index in [1.807, 2.05) is 13.0 Å². The minimum absolute atomic E-state index is 0.0268. The molecule has 0 spiro atoms. The molecule has 0 aliphatic carbocycles. The zero-order valence-electron chi connectivity index (χ0n) is 27.4. The number of anilines is 1. The van der Waals surface area contributed by atoms with Gasteiger partial charge >= 0.3 is 0 Å². The maximum Gasteiger partial charge on any atom is 0.273 e. The SMILES string of the molecule is C[C@@H]1CN(CC(=O)N2c3cc(Cc4ccc(F)cc4)c(C(=O)N4CCOCC4)nc3OC[C@@H]2C)[C@@H](CN2[C@H](C)COC[C@H]2C)CN1. The Hall–Kier alpha value is -3.16. The fourth-order valence-corrected chi connectivity index (χ4v) is 7.05. The molecule has 1 aromatic carbocycles. The molecular weight excluding hydrogens is 591 g/mol. The molecule has 5 heterocycles. The summed E-state index contributed by atoms with van der Waals surface area (Å²) in [6, 6.07) is 8.95. The smallest absolute Gasteiger partial charge is 0.273 e. The van der Waals surface area contributed by atoms with Crippen LogP contribution in [0.5, 0.6) is 5.88 Å². The predicted molar refractivity (Wildman–Crippen MR) is 172 cm³/mol. The summed E-state index contributed by atoms with van der Waals surface area (Å²) in [5.41, 5.74) is 2.36. The van der Waals surface area contributed by atoms with Crippen LogP contribution in [-0.4, -0.2) is 134 Å². The first kappa shape index (κ1) is 32.8. The molecule has 0 bridgehead atoms. The maximum absolute atomic E-state index is 14.3. The molecule has 3 saturated heterocycles. The van der Waals surface area contributed by atoms with E-state index in [1.54, 1.807) is 21.9 Å². The molecule has 0 saturated carbocycles. The highest BCUT2D eigenvalue weighted by Crippen LogP contribution is 2.36. The van der Waals surface area contributed by atoms with Crippen LogP contribution in [0.1, 0.15) is 49.3 Å². The lowest BCUT2D eigenvalue weighted by Crippen LogP contribution is -2.63. The first-order valence-corrected chi connectivity index (χ1v) is 16.6. The van der Waals surface area contributed by atoms with Crippen molar-refractivity contribution in [2.75, 3.05) is 77.2 Å². The standard InChI is InChI=1S/C34H47FN6O5/c1-22-16-39(29(15-36-22)17-40-23(2)19-45-20-24(40)3)18-31(42)41-25(4)21-46-33-30(41)14-27(13-26-5-7-28(35)8-6-26)32(37-33)34(43)38-9-11-44-12-10-38/h5-8,14,22-25,29,36H,9-13,15-21H2,1-4H3/t22-,23-,24-,25+,29-/m1/s1. The van der Waals surface area contributed by atoms with Crippen molar-refractivity contribution in [3.8, 4) is 5.88 Å². The average Bonchev–Trinajstić information content (AvgIpc) is 3.04. The third kappa shape index (κ3) is 7.21. The second-order valence-corrected chi connectivity index (χ2v) is 13.3. The predicted octanol–water partition coefficient (Wildman–Crippen LogP) is 2.17. The van der Waals surface area contributed by atoms with E-state index in [9.17, 15) is 14.0 Å². The van der Waals surface area contributed by atoms with E-state index in [4.69, 9.17) is 19.2 Å². The Kier molecular flexibility index (Phi) is 10.2. The fraction of sp³-hybridized carbons (Fsp3) is 0.618. The molecular formula is C34H47FN6O5. The topological polar surface area (TPSA) is 99.7 Å². The molecule has 1 N–H and O–H groups in total. The van der Waals surface area contributed by atoms with Crippen molar-refractivity contribution in [1.29, 1.82) is 0 Å². The van der Waals surface area contributed by atoms with Gasteiger partial charge in [0.2, 0.25) is 11.8 Å². The Labute approximate surface area is 270 Å². The number of nitrogens with one attached hydrogen (secondary N) is 1. The van der Waals surface area contributed by atoms with Crippen LogP contribution < -0.4 is 15.0 Å². The summed E-state index contributed by atoms with van der Waals surface area (Å²) in [7, 11) is 0. The largest absolute Gasteiger partial charge is 0.474 e. The Morgan fingerprint density at radius 2 is 1.70 bits per heavy atom. The quantitative estimate of drug-likeness (QED) is 0.490. The van der Waals surface area contributed by atoms with Gasteiger partial charge in [0, 0.05) is 56.9 Å². The van der Waals surface area contributed by atoms with Crippen molar-refractivity contribution in [3.63, 3.8) is 0 Å². The van der Waals surface area contributed by atoms with Gasteiger partial charge in [-0.2, -0.15) is 0 Å². The van der Waals surface area contributed by atoms with E-state index in [1.165, 1.54) is 12.1 Å². The van der Waals surface area contributed by atoms with Crippen LogP contribution >= 0.6 is 0 Å². The summed E-state index contributed by atoms with van der Waals surface area (Å²) in [5.74, 6) is -0.269. The summed E-state index contributed by atoms with van der Waals surface area (Å²) in [6.45, 7) is 14.8. The van der Waals surface area contributed by atoms with Crippen molar-refractivity contribution in [2.24, 2.45) is 0 Å². The Morgan fingerprint density at radius 3 is 2.41 bits per heavy atom. The lowest BCUT2D eigenvalue weighted by atomic mass is 10.0. The summed E-state index contributed by atoms with van der Waals surface area (Å²) in [4.78, 5) is 41.2. The normalized spacial score (nSPS) is 27.6. The van der Waals surface area contributed by atoms with Crippen LogP contribution in [0, 0.1) is 5.82 Å². The van der Waals surface area contributed by atoms with Crippen LogP contribution in [0.15, 0.2) is 30.3 Å². The second kappa shape index (κ2) is 14.3. The highest BCUT2D eigenvalue weighted by atomic mass is 19.1. The van der Waals surface area contributed by atoms with E-state index in [0.29, 0.717) is 69.3 Å². The number of piperazine rings is 1. The van der Waals surface area contributed by atoms with Gasteiger partial charge in [0.05, 0.1) is 39.0 Å². The van der Waals surface area contributed by atoms with E-state index in [0.717, 1.165) is 25.2 Å². The fourth-order valence-electron chi connectivity index (χ4n) is 7.05. The Balaban J connectivity index is 1.29. The van der Waals surface area contributed by atoms with Gasteiger partial charge in [-0.1, -0.05) is 12.1 Å². The zero-order chi connectivity index (χ0) is 32.4. The number of halogens is 1. The van der Waals surface area contributed by atoms with Crippen molar-refractivity contribution in [1.82, 2.24) is 25.0 Å². The maximum atomic E-state index is 14.3. The molecule has 4 aliphatic heterocycles. The van der Waals surface area contributed by atoms with Gasteiger partial charge in [0.25, 0.3) is 5.91 Å².